The van der Waals surface area contributed by atoms with Crippen LogP contribution in [0, 0.1) is 0 Å². The fourth-order valence-electron chi connectivity index (χ4n) is 13.4. The van der Waals surface area contributed by atoms with Crippen molar-refractivity contribution in [3.63, 3.8) is 0 Å². The maximum atomic E-state index is 9.65. The number of benzene rings is 15. The zero-order valence-electron chi connectivity index (χ0n) is 68.2. The Balaban J connectivity index is 0.833. The lowest BCUT2D eigenvalue weighted by atomic mass is 10.0. The molecule has 0 spiro atoms. The van der Waals surface area contributed by atoms with Gasteiger partial charge in [0.05, 0.1) is 49.5 Å². The van der Waals surface area contributed by atoms with Gasteiger partial charge in [0.2, 0.25) is 0 Å². The lowest BCUT2D eigenvalue weighted by Gasteiger charge is -2.26. The molecule has 92 heavy (non-hydrogen) atoms. The van der Waals surface area contributed by atoms with Crippen LogP contribution < -0.4 is 9.80 Å². The van der Waals surface area contributed by atoms with E-state index in [0.717, 1.165) is 54.6 Å². The summed E-state index contributed by atoms with van der Waals surface area (Å²) in [4.78, 5) is 3.20. The maximum absolute atomic E-state index is 9.65. The predicted octanol–water partition coefficient (Wildman–Crippen LogP) is 24.3. The van der Waals surface area contributed by atoms with Gasteiger partial charge in [0.1, 0.15) is 22.7 Å². The highest BCUT2D eigenvalue weighted by Gasteiger charge is 2.24. The normalized spacial score (nSPS) is 15.0. The summed E-state index contributed by atoms with van der Waals surface area (Å²) < 4.78 is 199. The minimum Gasteiger partial charge on any atom is -0.456 e. The van der Waals surface area contributed by atoms with E-state index in [4.69, 9.17) is 25.3 Å². The van der Waals surface area contributed by atoms with Crippen molar-refractivity contribution < 1.29 is 36.2 Å². The van der Waals surface area contributed by atoms with E-state index in [1.807, 2.05) is 133 Å². The first-order valence-electron chi connectivity index (χ1n) is 39.7. The number of fused-ring (bicyclic) bond motifs is 14. The van der Waals surface area contributed by atoms with E-state index in [2.05, 4.69) is 0 Å². The van der Waals surface area contributed by atoms with Crippen molar-refractivity contribution >= 4 is 143 Å². The summed E-state index contributed by atoms with van der Waals surface area (Å²) in [6, 6.07) is 52.3. The van der Waals surface area contributed by atoms with Crippen LogP contribution in [-0.2, 0) is 0 Å². The molecule has 15 aromatic carbocycles. The molecule has 0 amide bonds. The molecule has 0 aliphatic heterocycles. The molecule has 0 saturated carbocycles. The Bertz CT molecular complexity index is 6830. The number of nitrogens with zero attached hydrogens (tertiary/aromatic N) is 4. The van der Waals surface area contributed by atoms with Gasteiger partial charge in [-0.3, -0.25) is 0 Å². The first-order chi connectivity index (χ1) is 53.8. The quantitative estimate of drug-likeness (QED) is 0.137. The van der Waals surface area contributed by atoms with Gasteiger partial charge >= 0.3 is 0 Å². The highest BCUT2D eigenvalue weighted by atomic mass is 16.3. The van der Waals surface area contributed by atoms with Crippen LogP contribution in [0.25, 0.3) is 143 Å². The van der Waals surface area contributed by atoms with Gasteiger partial charge < -0.3 is 27.8 Å². The van der Waals surface area contributed by atoms with Gasteiger partial charge in [0.25, 0.3) is 0 Å². The number of furan rings is 2. The van der Waals surface area contributed by atoms with Crippen LogP contribution in [0.15, 0.2) is 336 Å². The molecule has 6 nitrogen and oxygen atoms in total. The number of rotatable bonds is 10. The number of hydrogen-bond donors (Lipinski definition) is 0. The Morgan fingerprint density at radius 1 is 0.261 bits per heavy atom. The summed E-state index contributed by atoms with van der Waals surface area (Å²) in [5.41, 5.74) is 5.42. The largest absolute Gasteiger partial charge is 0.456 e. The van der Waals surface area contributed by atoms with Gasteiger partial charge in [0, 0.05) is 99.7 Å². The molecule has 0 aliphatic carbocycles. The maximum Gasteiger partial charge on any atom is 0.135 e. The van der Waals surface area contributed by atoms with Crippen molar-refractivity contribution in [3.05, 3.63) is 327 Å². The van der Waals surface area contributed by atoms with Crippen LogP contribution in [0.1, 0.15) is 27.4 Å². The summed E-state index contributed by atoms with van der Waals surface area (Å²) in [5.74, 6) is 1.33. The highest BCUT2D eigenvalue weighted by Crippen LogP contribution is 2.47. The zero-order valence-corrected chi connectivity index (χ0v) is 48.2. The molecule has 0 aliphatic rings. The first kappa shape index (κ1) is 35.6. The second-order valence-corrected chi connectivity index (χ2v) is 22.6. The van der Waals surface area contributed by atoms with Crippen molar-refractivity contribution in [1.82, 2.24) is 9.13 Å². The Morgan fingerprint density at radius 2 is 0.609 bits per heavy atom. The lowest BCUT2D eigenvalue weighted by Crippen LogP contribution is -2.09. The molecule has 6 heteroatoms. The van der Waals surface area contributed by atoms with Gasteiger partial charge in [-0.1, -0.05) is 182 Å². The smallest absolute Gasteiger partial charge is 0.135 e. The van der Waals surface area contributed by atoms with E-state index in [9.17, 15) is 11.0 Å². The van der Waals surface area contributed by atoms with Crippen molar-refractivity contribution in [1.29, 1.82) is 0 Å². The molecule has 19 rings (SSSR count). The molecular formula is C86H54N4O2. The molecule has 0 saturated heterocycles. The molecule has 430 valence electrons. The van der Waals surface area contributed by atoms with Crippen molar-refractivity contribution in [2.24, 2.45) is 0 Å². The number of hydrogen-bond acceptors (Lipinski definition) is 4. The minimum absolute atomic E-state index is 0.142. The molecule has 4 aromatic heterocycles. The summed E-state index contributed by atoms with van der Waals surface area (Å²) >= 11 is 0. The summed E-state index contributed by atoms with van der Waals surface area (Å²) in [6.07, 6.45) is 0. The first-order valence-corrected chi connectivity index (χ1v) is 29.7. The highest BCUT2D eigenvalue weighted by molar-refractivity contribution is 6.26. The van der Waals surface area contributed by atoms with E-state index in [0.29, 0.717) is 99.4 Å². The Morgan fingerprint density at radius 3 is 1.03 bits per heavy atom. The standard InChI is InChI=1S/C86H54N4O2/c1-5-19-65(20-6-1)87(69-37-33-55-45-63(31-29-57(55)47-69)83-51-61-17-13-15-27-81(61)91-83)71-39-43-73-59(49-71)35-41-75-77-53-80-78(54-79(77)89(85(73)75)67-23-9-3-10-24-67)76-42-36-60-50-72(40-44-74(60)86(76)90(80)68-25-11-4-12-26-68)88(66-21-7-2-8-22-66)70-38-34-56-46-64(32-30-58(56)48-70)84-52-62-18-14-16-28-82(62)92-84/h1-54H/i1D,2D,3D,4D,5D,6D,7D,8D,9D,10D,11D,12D,19D,20D,21D,22D,23D,24D,25D,26D. The van der Waals surface area contributed by atoms with Crippen LogP contribution in [-0.4, -0.2) is 9.13 Å². The average Bonchev–Trinajstić information content (AvgIpc) is 1.53. The zero-order chi connectivity index (χ0) is 77.8. The number of anilines is 6. The molecular weight excluding hydrogens is 1120 g/mol. The van der Waals surface area contributed by atoms with E-state index in [1.165, 1.54) is 0 Å². The third-order valence-electron chi connectivity index (χ3n) is 17.5. The third kappa shape index (κ3) is 8.35. The second kappa shape index (κ2) is 20.6. The van der Waals surface area contributed by atoms with Crippen LogP contribution in [0.4, 0.5) is 34.1 Å². The van der Waals surface area contributed by atoms with E-state index in [1.54, 1.807) is 91.7 Å². The summed E-state index contributed by atoms with van der Waals surface area (Å²) in [5, 5.41) is 8.92. The fourth-order valence-corrected chi connectivity index (χ4v) is 13.4. The van der Waals surface area contributed by atoms with Gasteiger partial charge in [-0.15, -0.1) is 0 Å². The van der Waals surface area contributed by atoms with Gasteiger partial charge in [-0.05, 0) is 178 Å². The fraction of sp³-hybridized carbons (Fsp3) is 0. The van der Waals surface area contributed by atoms with Crippen LogP contribution in [0.5, 0.6) is 0 Å². The minimum atomic E-state index is -0.635. The average molecular weight is 1200 g/mol. The van der Waals surface area contributed by atoms with Gasteiger partial charge in [-0.2, -0.15) is 0 Å². The molecule has 0 unspecified atom stereocenters. The Kier molecular flexibility index (Phi) is 7.97. The number of aromatic nitrogens is 2. The molecule has 0 radical (unpaired) electrons. The SMILES string of the molecule is [2H]c1c([2H])c([2H])c(N(c2ccc3cc(-c4cc5ccccc5o4)ccc3c2)c2ccc3c(ccc4c5cc6c(cc5n(-c5c([2H])c([2H])c([2H])c([2H])c5[2H])c34)c3ccc4cc(N(c5ccc7cc(-c8cc9ccccc9o8)ccc7c5)c5c([2H])c([2H])c([2H])c([2H])c5[2H])ccc4c3n6-c3c([2H])c([2H])c([2H])c([2H])c3[2H])c2)c([2H])c1[2H]. The van der Waals surface area contributed by atoms with E-state index < -0.39 is 121 Å². The molecule has 0 atom stereocenters. The Hall–Kier alpha value is -12.4. The third-order valence-corrected chi connectivity index (χ3v) is 17.5. The Labute approximate surface area is 557 Å². The van der Waals surface area contributed by atoms with Crippen LogP contribution >= 0.6 is 0 Å². The summed E-state index contributed by atoms with van der Waals surface area (Å²) in [6.45, 7) is 0. The van der Waals surface area contributed by atoms with Crippen LogP contribution in [0.2, 0.25) is 0 Å². The lowest BCUT2D eigenvalue weighted by molar-refractivity contribution is 0.631. The molecule has 0 bridgehead atoms. The van der Waals surface area contributed by atoms with Gasteiger partial charge in [0.15, 0.2) is 0 Å². The summed E-state index contributed by atoms with van der Waals surface area (Å²) in [7, 11) is 0. The van der Waals surface area contributed by atoms with Crippen LogP contribution in [0.3, 0.4) is 0 Å². The topological polar surface area (TPSA) is 42.6 Å². The number of para-hydroxylation sites is 6. The predicted molar refractivity (Wildman–Crippen MR) is 385 cm³/mol. The van der Waals surface area contributed by atoms with Crippen molar-refractivity contribution in [2.45, 2.75) is 0 Å². The molecule has 4 heterocycles. The van der Waals surface area contributed by atoms with Crippen molar-refractivity contribution in [2.75, 3.05) is 9.80 Å². The molecule has 0 fully saturated rings. The molecule has 19 aromatic rings. The second-order valence-electron chi connectivity index (χ2n) is 22.6. The monoisotopic (exact) mass is 1190 g/mol. The van der Waals surface area contributed by atoms with Crippen molar-refractivity contribution in [3.8, 4) is 34.0 Å². The molecule has 0 N–H and O–H groups in total. The van der Waals surface area contributed by atoms with E-state index in [-0.39, 0.29) is 22.7 Å². The van der Waals surface area contributed by atoms with E-state index >= 15 is 0 Å². The van der Waals surface area contributed by atoms with Gasteiger partial charge in [-0.25, -0.2) is 0 Å².